The third kappa shape index (κ3) is 2.20. The van der Waals surface area contributed by atoms with Gasteiger partial charge in [-0.1, -0.05) is 0 Å². The molecule has 0 N–H and O–H groups in total. The molecule has 0 aromatic heterocycles. The first kappa shape index (κ1) is 13.7. The van der Waals surface area contributed by atoms with Crippen molar-refractivity contribution in [1.82, 2.24) is 0 Å². The van der Waals surface area contributed by atoms with Crippen molar-refractivity contribution in [3.63, 3.8) is 0 Å². The van der Waals surface area contributed by atoms with Crippen LogP contribution >= 0.6 is 0 Å². The van der Waals surface area contributed by atoms with E-state index in [1.807, 2.05) is 0 Å². The molecule has 1 aliphatic rings. The van der Waals surface area contributed by atoms with E-state index in [4.69, 9.17) is 0 Å². The number of allylic oxidation sites excluding steroid dienone is 1. The Balaban J connectivity index is 0.000000845. The van der Waals surface area contributed by atoms with Gasteiger partial charge < -0.3 is 9.41 Å². The summed E-state index contributed by atoms with van der Waals surface area (Å²) in [5, 5.41) is 0. The van der Waals surface area contributed by atoms with Crippen LogP contribution in [0.1, 0.15) is 30.4 Å². The number of rotatable bonds is 1. The van der Waals surface area contributed by atoms with Gasteiger partial charge in [0.1, 0.15) is 0 Å². The molecule has 1 aromatic rings. The van der Waals surface area contributed by atoms with Crippen LogP contribution in [0.25, 0.3) is 6.08 Å². The Morgan fingerprint density at radius 3 is 2.50 bits per heavy atom. The maximum atomic E-state index is 2.35. The zero-order chi connectivity index (χ0) is 8.55. The van der Waals surface area contributed by atoms with Gasteiger partial charge in [-0.25, -0.2) is 0 Å². The van der Waals surface area contributed by atoms with Crippen LogP contribution in [0.3, 0.4) is 0 Å². The average molecular weight is 272 g/mol. The van der Waals surface area contributed by atoms with E-state index in [0.717, 1.165) is 5.92 Å². The van der Waals surface area contributed by atoms with E-state index in [9.17, 15) is 0 Å². The summed E-state index contributed by atoms with van der Waals surface area (Å²) in [5.74, 6) is 0.722. The minimum absolute atomic E-state index is 0. The van der Waals surface area contributed by atoms with Crippen LogP contribution in [0.5, 0.6) is 0 Å². The zero-order valence-electron chi connectivity index (χ0n) is 7.93. The van der Waals surface area contributed by atoms with E-state index in [1.165, 1.54) is 17.5 Å². The second kappa shape index (κ2) is 5.55. The smallest absolute Gasteiger partial charge is 1.00 e. The molecule has 73 valence electrons. The Labute approximate surface area is 98.0 Å². The van der Waals surface area contributed by atoms with Gasteiger partial charge in [-0.15, -0.1) is 0 Å². The average Bonchev–Trinajstić information content (AvgIpc) is 2.40. The molecule has 1 atom stereocenters. The fourth-order valence-electron chi connectivity index (χ4n) is 1.84. The van der Waals surface area contributed by atoms with Crippen LogP contribution in [0.15, 0.2) is 27.5 Å². The number of hydrogen-bond acceptors (Lipinski definition) is 0. The number of hydrogen-bond donors (Lipinski definition) is 0. The molecule has 0 heterocycles. The molecule has 0 bridgehead atoms. The summed E-state index contributed by atoms with van der Waals surface area (Å²) >= 11 is 1.57. The van der Waals surface area contributed by atoms with E-state index >= 15 is 0 Å². The predicted octanol–water partition coefficient (Wildman–Crippen LogP) is -2.91. The molecule has 0 nitrogen and oxygen atoms in total. The van der Waals surface area contributed by atoms with Gasteiger partial charge in [0.2, 0.25) is 0 Å². The molecule has 1 aliphatic carbocycles. The minimum atomic E-state index is 0. The van der Waals surface area contributed by atoms with Crippen molar-refractivity contribution in [2.75, 3.05) is 0 Å². The van der Waals surface area contributed by atoms with Gasteiger partial charge in [-0.05, 0) is 0 Å². The summed E-state index contributed by atoms with van der Waals surface area (Å²) in [4.78, 5) is 0. The van der Waals surface area contributed by atoms with Gasteiger partial charge in [0, 0.05) is 0 Å². The molecule has 0 spiro atoms. The van der Waals surface area contributed by atoms with Crippen molar-refractivity contribution in [2.24, 2.45) is 0 Å². The van der Waals surface area contributed by atoms with Crippen molar-refractivity contribution in [3.8, 4) is 0 Å². The number of halogens is 2. The van der Waals surface area contributed by atoms with E-state index in [1.54, 1.807) is 28.0 Å². The Kier molecular flexibility index (Phi) is 5.43. The largest absolute Gasteiger partial charge is 1.00 e. The molecular formula is C11H11F2Zr. The molecule has 0 amide bonds. The quantitative estimate of drug-likeness (QED) is 0.514. The standard InChI is InChI=1S/C11H11.2FH.Zr/c1-2-9-7-8-10-5-3-4-6-11(9)10;;;/h3-6,8-9H,2H2,1H3;2*1H;/q;;;+2/p-2. The second-order valence-electron chi connectivity index (χ2n) is 3.19. The van der Waals surface area contributed by atoms with Crippen molar-refractivity contribution in [3.05, 3.63) is 38.7 Å². The third-order valence-electron chi connectivity index (χ3n) is 2.47. The van der Waals surface area contributed by atoms with Gasteiger partial charge in [0.15, 0.2) is 0 Å². The second-order valence-corrected chi connectivity index (χ2v) is 4.61. The SMILES string of the molecule is CCC1[C]([Zr+2])=Cc2ccccc21.[F-].[F-]. The maximum Gasteiger partial charge on any atom is -1.00 e. The van der Waals surface area contributed by atoms with Crippen molar-refractivity contribution >= 4 is 6.08 Å². The molecule has 14 heavy (non-hydrogen) atoms. The van der Waals surface area contributed by atoms with Gasteiger partial charge >= 0.3 is 88.7 Å². The van der Waals surface area contributed by atoms with E-state index in [0.29, 0.717) is 0 Å². The Morgan fingerprint density at radius 2 is 1.86 bits per heavy atom. The summed E-state index contributed by atoms with van der Waals surface area (Å²) in [6.07, 6.45) is 3.59. The Morgan fingerprint density at radius 1 is 1.21 bits per heavy atom. The first-order valence-corrected chi connectivity index (χ1v) is 5.58. The molecule has 1 unspecified atom stereocenters. The molecule has 3 heteroatoms. The predicted molar refractivity (Wildman–Crippen MR) is 47.5 cm³/mol. The summed E-state index contributed by atoms with van der Waals surface area (Å²) in [5.41, 5.74) is 2.97. The summed E-state index contributed by atoms with van der Waals surface area (Å²) in [6.45, 7) is 2.27. The summed E-state index contributed by atoms with van der Waals surface area (Å²) < 4.78 is 1.60. The summed E-state index contributed by atoms with van der Waals surface area (Å²) in [7, 11) is 0. The van der Waals surface area contributed by atoms with Crippen LogP contribution < -0.4 is 9.41 Å². The fraction of sp³-hybridized carbons (Fsp3) is 0.273. The molecule has 0 fully saturated rings. The minimum Gasteiger partial charge on any atom is -1.00 e. The topological polar surface area (TPSA) is 0 Å². The number of benzene rings is 1. The molecule has 1 aromatic carbocycles. The van der Waals surface area contributed by atoms with E-state index in [2.05, 4.69) is 37.3 Å². The normalized spacial score (nSPS) is 17.6. The third-order valence-corrected chi connectivity index (χ3v) is 3.68. The van der Waals surface area contributed by atoms with Crippen LogP contribution in [-0.2, 0) is 24.7 Å². The summed E-state index contributed by atoms with van der Waals surface area (Å²) in [6, 6.07) is 8.74. The van der Waals surface area contributed by atoms with Gasteiger partial charge in [-0.2, -0.15) is 0 Å². The molecule has 2 rings (SSSR count). The Hall–Kier alpha value is -0.297. The van der Waals surface area contributed by atoms with Crippen molar-refractivity contribution in [2.45, 2.75) is 19.3 Å². The molecule has 0 aliphatic heterocycles. The molecule has 0 radical (unpaired) electrons. The Bertz CT molecular complexity index is 334. The van der Waals surface area contributed by atoms with Crippen LogP contribution in [0.4, 0.5) is 0 Å². The van der Waals surface area contributed by atoms with Crippen LogP contribution in [-0.4, -0.2) is 0 Å². The van der Waals surface area contributed by atoms with Gasteiger partial charge in [0.25, 0.3) is 0 Å². The fourth-order valence-corrected chi connectivity index (χ4v) is 3.10. The molecular weight excluding hydrogens is 261 g/mol. The zero-order valence-corrected chi connectivity index (χ0v) is 10.4. The van der Waals surface area contributed by atoms with Crippen LogP contribution in [0.2, 0.25) is 0 Å². The maximum absolute atomic E-state index is 2.35. The first-order valence-electron chi connectivity index (χ1n) is 4.35. The van der Waals surface area contributed by atoms with Crippen LogP contribution in [0, 0.1) is 0 Å². The van der Waals surface area contributed by atoms with E-state index in [-0.39, 0.29) is 9.41 Å². The number of fused-ring (bicyclic) bond motifs is 1. The molecule has 0 saturated carbocycles. The molecule has 0 saturated heterocycles. The van der Waals surface area contributed by atoms with E-state index < -0.39 is 0 Å². The van der Waals surface area contributed by atoms with Crippen molar-refractivity contribution in [1.29, 1.82) is 0 Å². The van der Waals surface area contributed by atoms with Crippen molar-refractivity contribution < 1.29 is 34.1 Å². The van der Waals surface area contributed by atoms with Gasteiger partial charge in [0.05, 0.1) is 0 Å². The monoisotopic (exact) mass is 271 g/mol. The first-order chi connectivity index (χ1) is 5.83. The van der Waals surface area contributed by atoms with Gasteiger partial charge in [-0.3, -0.25) is 0 Å².